The second-order valence-corrected chi connectivity index (χ2v) is 7.09. The van der Waals surface area contributed by atoms with Crippen molar-refractivity contribution in [3.63, 3.8) is 0 Å². The Morgan fingerprint density at radius 2 is 2.43 bits per heavy atom. The first-order valence-corrected chi connectivity index (χ1v) is 8.56. The Balaban J connectivity index is 1.85. The van der Waals surface area contributed by atoms with Crippen LogP contribution in [0.3, 0.4) is 0 Å². The molecular formula is C15H16IN5O2. The fourth-order valence-corrected chi connectivity index (χ4v) is 3.85. The van der Waals surface area contributed by atoms with Crippen molar-refractivity contribution in [1.29, 1.82) is 5.26 Å². The third-order valence-corrected chi connectivity index (χ3v) is 5.59. The van der Waals surface area contributed by atoms with E-state index in [1.807, 2.05) is 13.1 Å². The first kappa shape index (κ1) is 16.0. The van der Waals surface area contributed by atoms with Crippen LogP contribution in [0.2, 0.25) is 0 Å². The number of nitrogens with zero attached hydrogens (tertiary/aromatic N) is 5. The maximum absolute atomic E-state index is 12.0. The molecule has 1 aliphatic heterocycles. The minimum atomic E-state index is -0.111. The number of amides is 1. The van der Waals surface area contributed by atoms with Crippen molar-refractivity contribution >= 4 is 45.4 Å². The normalized spacial score (nSPS) is 21.2. The zero-order valence-corrected chi connectivity index (χ0v) is 14.8. The lowest BCUT2D eigenvalue weighted by Gasteiger charge is -2.41. The van der Waals surface area contributed by atoms with Crippen LogP contribution in [0.15, 0.2) is 23.1 Å². The first-order chi connectivity index (χ1) is 11.1. The Hall–Kier alpha value is -1.89. The van der Waals surface area contributed by atoms with Gasteiger partial charge in [-0.25, -0.2) is 9.97 Å². The third-order valence-electron chi connectivity index (χ3n) is 4.14. The Morgan fingerprint density at radius 3 is 3.22 bits per heavy atom. The molecule has 1 aliphatic rings. The van der Waals surface area contributed by atoms with Gasteiger partial charge in [-0.05, 0) is 6.42 Å². The molecule has 2 aromatic rings. The predicted octanol–water partition coefficient (Wildman–Crippen LogP) is 1.98. The average molecular weight is 425 g/mol. The number of carbonyl (C=O) groups is 1. The molecular weight excluding hydrogens is 409 g/mol. The molecule has 0 spiro atoms. The third kappa shape index (κ3) is 3.10. The lowest BCUT2D eigenvalue weighted by Crippen LogP contribution is -2.54. The van der Waals surface area contributed by atoms with Crippen molar-refractivity contribution in [3.8, 4) is 6.07 Å². The zero-order valence-electron chi connectivity index (χ0n) is 12.6. The molecule has 0 saturated carbocycles. The highest BCUT2D eigenvalue weighted by Gasteiger charge is 2.33. The summed E-state index contributed by atoms with van der Waals surface area (Å²) in [6.45, 7) is 1.27. The molecule has 3 rings (SSSR count). The van der Waals surface area contributed by atoms with Gasteiger partial charge in [-0.3, -0.25) is 4.79 Å². The molecule has 0 radical (unpaired) electrons. The summed E-state index contributed by atoms with van der Waals surface area (Å²) in [6, 6.07) is 3.84. The van der Waals surface area contributed by atoms with Gasteiger partial charge in [-0.15, -0.1) is 0 Å². The standard InChI is InChI=1S/C15H16IN5O2/c1-20(15-14-11(4-7-23-14)18-9-19-15)12-8-21(6-3-10(12)16)13(22)2-5-17/h4,7,9-10,12H,2-3,6,8H2,1H3/t10-,12+/m1/s1. The number of furan rings is 1. The molecule has 120 valence electrons. The van der Waals surface area contributed by atoms with Gasteiger partial charge in [0.05, 0.1) is 18.4 Å². The fraction of sp³-hybridized carbons (Fsp3) is 0.467. The highest BCUT2D eigenvalue weighted by atomic mass is 127. The van der Waals surface area contributed by atoms with E-state index >= 15 is 0 Å². The quantitative estimate of drug-likeness (QED) is 0.552. The van der Waals surface area contributed by atoms with E-state index in [1.54, 1.807) is 17.2 Å². The summed E-state index contributed by atoms with van der Waals surface area (Å²) >= 11 is 2.42. The van der Waals surface area contributed by atoms with E-state index in [4.69, 9.17) is 9.68 Å². The molecule has 1 amide bonds. The van der Waals surface area contributed by atoms with Crippen LogP contribution in [0.25, 0.3) is 11.1 Å². The van der Waals surface area contributed by atoms with Crippen molar-refractivity contribution < 1.29 is 9.21 Å². The van der Waals surface area contributed by atoms with Crippen molar-refractivity contribution in [1.82, 2.24) is 14.9 Å². The summed E-state index contributed by atoms with van der Waals surface area (Å²) in [5.41, 5.74) is 1.42. The molecule has 1 saturated heterocycles. The van der Waals surface area contributed by atoms with Gasteiger partial charge in [0.2, 0.25) is 5.91 Å². The molecule has 23 heavy (non-hydrogen) atoms. The Kier molecular flexibility index (Phi) is 4.66. The highest BCUT2D eigenvalue weighted by molar-refractivity contribution is 14.1. The molecule has 0 unspecified atom stereocenters. The maximum Gasteiger partial charge on any atom is 0.236 e. The summed E-state index contributed by atoms with van der Waals surface area (Å²) in [4.78, 5) is 24.4. The number of halogens is 1. The molecule has 1 fully saturated rings. The van der Waals surface area contributed by atoms with Crippen LogP contribution >= 0.6 is 22.6 Å². The summed E-state index contributed by atoms with van der Waals surface area (Å²) < 4.78 is 5.89. The summed E-state index contributed by atoms with van der Waals surface area (Å²) in [7, 11) is 1.96. The molecule has 0 bridgehead atoms. The first-order valence-electron chi connectivity index (χ1n) is 7.31. The predicted molar refractivity (Wildman–Crippen MR) is 93.2 cm³/mol. The molecule has 0 aliphatic carbocycles. The number of anilines is 1. The van der Waals surface area contributed by atoms with Crippen LogP contribution in [-0.2, 0) is 4.79 Å². The number of aromatic nitrogens is 2. The minimum Gasteiger partial charge on any atom is -0.459 e. The Labute approximate surface area is 147 Å². The van der Waals surface area contributed by atoms with E-state index in [1.165, 1.54) is 6.33 Å². The van der Waals surface area contributed by atoms with E-state index in [9.17, 15) is 4.79 Å². The zero-order chi connectivity index (χ0) is 16.4. The monoisotopic (exact) mass is 425 g/mol. The number of likely N-dealkylation sites (tertiary alicyclic amines) is 1. The summed E-state index contributed by atoms with van der Waals surface area (Å²) in [5.74, 6) is 0.612. The molecule has 0 N–H and O–H groups in total. The van der Waals surface area contributed by atoms with E-state index in [-0.39, 0.29) is 18.4 Å². The largest absolute Gasteiger partial charge is 0.459 e. The van der Waals surface area contributed by atoms with Crippen molar-refractivity contribution in [2.75, 3.05) is 25.0 Å². The van der Waals surface area contributed by atoms with Gasteiger partial charge in [-0.2, -0.15) is 5.26 Å². The molecule has 3 heterocycles. The minimum absolute atomic E-state index is 0.0711. The van der Waals surface area contributed by atoms with Crippen molar-refractivity contribution in [2.24, 2.45) is 0 Å². The lowest BCUT2D eigenvalue weighted by atomic mass is 10.0. The average Bonchev–Trinajstić information content (AvgIpc) is 3.03. The number of fused-ring (bicyclic) bond motifs is 1. The van der Waals surface area contributed by atoms with Crippen molar-refractivity contribution in [2.45, 2.75) is 22.8 Å². The van der Waals surface area contributed by atoms with Crippen LogP contribution in [0.1, 0.15) is 12.8 Å². The maximum atomic E-state index is 12.0. The highest BCUT2D eigenvalue weighted by Crippen LogP contribution is 2.29. The van der Waals surface area contributed by atoms with Crippen molar-refractivity contribution in [3.05, 3.63) is 18.7 Å². The summed E-state index contributed by atoms with van der Waals surface area (Å²) in [6.07, 6.45) is 3.94. The van der Waals surface area contributed by atoms with Gasteiger partial charge in [0, 0.05) is 30.1 Å². The van der Waals surface area contributed by atoms with Crippen LogP contribution in [0.5, 0.6) is 0 Å². The number of carbonyl (C=O) groups excluding carboxylic acids is 1. The van der Waals surface area contributed by atoms with Crippen LogP contribution < -0.4 is 4.90 Å². The molecule has 7 nitrogen and oxygen atoms in total. The van der Waals surface area contributed by atoms with Crippen LogP contribution in [-0.4, -0.2) is 50.9 Å². The van der Waals surface area contributed by atoms with Gasteiger partial charge in [-0.1, -0.05) is 22.6 Å². The summed E-state index contributed by atoms with van der Waals surface area (Å²) in [5, 5.41) is 8.73. The Morgan fingerprint density at radius 1 is 1.61 bits per heavy atom. The van der Waals surface area contributed by atoms with Gasteiger partial charge >= 0.3 is 0 Å². The number of piperidine rings is 1. The van der Waals surface area contributed by atoms with Crippen LogP contribution in [0.4, 0.5) is 5.82 Å². The smallest absolute Gasteiger partial charge is 0.236 e. The second-order valence-electron chi connectivity index (χ2n) is 5.49. The number of alkyl halides is 1. The molecule has 2 aromatic heterocycles. The van der Waals surface area contributed by atoms with Gasteiger partial charge in [0.1, 0.15) is 18.3 Å². The number of rotatable bonds is 3. The number of likely N-dealkylation sites (N-methyl/N-ethyl adjacent to an activating group) is 1. The molecule has 0 aromatic carbocycles. The molecule has 8 heteroatoms. The van der Waals surface area contributed by atoms with E-state index < -0.39 is 0 Å². The van der Waals surface area contributed by atoms with Crippen LogP contribution in [0, 0.1) is 11.3 Å². The topological polar surface area (TPSA) is 86.3 Å². The number of hydrogen-bond donors (Lipinski definition) is 0. The van der Waals surface area contributed by atoms with E-state index in [0.717, 1.165) is 17.8 Å². The van der Waals surface area contributed by atoms with Gasteiger partial charge in [0.15, 0.2) is 11.4 Å². The fourth-order valence-electron chi connectivity index (χ4n) is 2.86. The lowest BCUT2D eigenvalue weighted by molar-refractivity contribution is -0.131. The van der Waals surface area contributed by atoms with E-state index in [0.29, 0.717) is 22.6 Å². The van der Waals surface area contributed by atoms with Gasteiger partial charge in [0.25, 0.3) is 0 Å². The second kappa shape index (κ2) is 6.70. The Bertz CT molecular complexity index is 756. The molecule has 2 atom stereocenters. The number of nitriles is 1. The van der Waals surface area contributed by atoms with E-state index in [2.05, 4.69) is 37.5 Å². The van der Waals surface area contributed by atoms with Gasteiger partial charge < -0.3 is 14.2 Å². The SMILES string of the molecule is CN(c1ncnc2ccoc12)[C@H]1CN(C(=O)CC#N)CC[C@H]1I. The number of hydrogen-bond acceptors (Lipinski definition) is 6.